The van der Waals surface area contributed by atoms with Gasteiger partial charge in [-0.1, -0.05) is 19.4 Å². The molecule has 0 amide bonds. The number of phenolic OH excluding ortho intramolecular Hbond substituents is 1. The van der Waals surface area contributed by atoms with Gasteiger partial charge in [-0.25, -0.2) is 8.78 Å². The first-order valence-corrected chi connectivity index (χ1v) is 16.4. The molecule has 4 aromatic rings. The molecule has 4 heterocycles. The van der Waals surface area contributed by atoms with Crippen molar-refractivity contribution >= 4 is 27.5 Å². The predicted octanol–water partition coefficient (Wildman–Crippen LogP) is 5.48. The van der Waals surface area contributed by atoms with Crippen LogP contribution in [-0.2, 0) is 11.2 Å². The van der Waals surface area contributed by atoms with Gasteiger partial charge in [0.2, 0.25) is 0 Å². The molecular weight excluding hydrogens is 592 g/mol. The third kappa shape index (κ3) is 5.42. The van der Waals surface area contributed by atoms with Gasteiger partial charge in [-0.3, -0.25) is 4.98 Å². The highest BCUT2D eigenvalue weighted by molar-refractivity contribution is 6.01. The van der Waals surface area contributed by atoms with Crippen LogP contribution in [0.25, 0.3) is 32.9 Å². The Morgan fingerprint density at radius 3 is 2.80 bits per heavy atom. The van der Waals surface area contributed by atoms with Crippen molar-refractivity contribution in [3.8, 4) is 23.0 Å². The van der Waals surface area contributed by atoms with Crippen molar-refractivity contribution in [3.63, 3.8) is 0 Å². The Hall–Kier alpha value is -3.67. The summed E-state index contributed by atoms with van der Waals surface area (Å²) in [6.45, 7) is 5.06. The summed E-state index contributed by atoms with van der Waals surface area (Å²) in [5.74, 6) is -0.867. The lowest BCUT2D eigenvalue weighted by atomic mass is 9.76. The molecule has 3 fully saturated rings. The molecule has 2 saturated heterocycles. The molecule has 1 aliphatic carbocycles. The van der Waals surface area contributed by atoms with Gasteiger partial charge in [0.15, 0.2) is 5.82 Å². The number of hydrogen-bond donors (Lipinski definition) is 2. The van der Waals surface area contributed by atoms with E-state index in [1.807, 2.05) is 11.8 Å². The standard InChI is InChI=1S/C35H41F2N5O4/c1-3-24-27(36)8-7-22-14-23(44)15-25(29(22)24)31-30(37)32-26(16-38-31)33(42-12-13-45-19-21(17-42)18-43)40-34(39-32)46-20-35-9-4-6-28(35)41(2)11-5-10-35/h7-8,14-16,21,28,43-44H,3-6,9-13,17-20H2,1-2H3. The average Bonchev–Trinajstić information content (AvgIpc) is 3.35. The molecule has 0 bridgehead atoms. The maximum Gasteiger partial charge on any atom is 0.319 e. The molecule has 0 spiro atoms. The number of anilines is 1. The number of rotatable bonds is 7. The summed E-state index contributed by atoms with van der Waals surface area (Å²) in [5.41, 5.74) is 0.689. The average molecular weight is 634 g/mol. The second-order valence-electron chi connectivity index (χ2n) is 13.2. The lowest BCUT2D eigenvalue weighted by molar-refractivity contribution is 0.0133. The zero-order chi connectivity index (χ0) is 32.0. The number of halogens is 2. The summed E-state index contributed by atoms with van der Waals surface area (Å²) < 4.78 is 44.0. The number of fused-ring (bicyclic) bond motifs is 3. The molecule has 2 aromatic carbocycles. The SMILES string of the molecule is CCc1c(F)ccc2cc(O)cc(-c3ncc4c(N5CCOCC(CO)C5)nc(OCC56CCCC5N(C)CCC6)nc4c3F)c12. The number of hydrogen-bond acceptors (Lipinski definition) is 9. The van der Waals surface area contributed by atoms with Crippen LogP contribution >= 0.6 is 0 Å². The first kappa shape index (κ1) is 31.0. The van der Waals surface area contributed by atoms with Crippen molar-refractivity contribution in [2.24, 2.45) is 11.3 Å². The highest BCUT2D eigenvalue weighted by Gasteiger charge is 2.47. The number of aliphatic hydroxyl groups excluding tert-OH is 1. The van der Waals surface area contributed by atoms with Crippen molar-refractivity contribution in [1.82, 2.24) is 19.9 Å². The van der Waals surface area contributed by atoms with E-state index in [4.69, 9.17) is 14.5 Å². The highest BCUT2D eigenvalue weighted by Crippen LogP contribution is 2.47. The molecule has 244 valence electrons. The van der Waals surface area contributed by atoms with Crippen LogP contribution in [-0.4, -0.2) is 89.2 Å². The monoisotopic (exact) mass is 633 g/mol. The summed E-state index contributed by atoms with van der Waals surface area (Å²) in [7, 11) is 2.18. The van der Waals surface area contributed by atoms with Crippen LogP contribution in [0.3, 0.4) is 0 Å². The molecule has 2 aromatic heterocycles. The first-order chi connectivity index (χ1) is 22.3. The zero-order valence-corrected chi connectivity index (χ0v) is 26.4. The minimum Gasteiger partial charge on any atom is -0.508 e. The number of likely N-dealkylation sites (tertiary alicyclic amines) is 1. The molecule has 2 N–H and O–H groups in total. The zero-order valence-electron chi connectivity index (χ0n) is 26.4. The van der Waals surface area contributed by atoms with Gasteiger partial charge in [0, 0.05) is 48.8 Å². The van der Waals surface area contributed by atoms with Gasteiger partial charge < -0.3 is 29.5 Å². The summed E-state index contributed by atoms with van der Waals surface area (Å²) in [4.78, 5) is 18.5. The summed E-state index contributed by atoms with van der Waals surface area (Å²) in [6.07, 6.45) is 7.40. The van der Waals surface area contributed by atoms with Crippen molar-refractivity contribution in [2.45, 2.75) is 51.5 Å². The van der Waals surface area contributed by atoms with E-state index in [1.165, 1.54) is 18.3 Å². The fourth-order valence-corrected chi connectivity index (χ4v) is 8.12. The molecule has 46 heavy (non-hydrogen) atoms. The minimum atomic E-state index is -0.705. The number of piperidine rings is 1. The normalized spacial score (nSPS) is 24.0. The Labute approximate surface area is 267 Å². The largest absolute Gasteiger partial charge is 0.508 e. The molecule has 1 saturated carbocycles. The fraction of sp³-hybridized carbons (Fsp3) is 0.514. The van der Waals surface area contributed by atoms with Crippen molar-refractivity contribution in [1.29, 1.82) is 0 Å². The van der Waals surface area contributed by atoms with Gasteiger partial charge in [-0.2, -0.15) is 9.97 Å². The Morgan fingerprint density at radius 2 is 1.98 bits per heavy atom. The second-order valence-corrected chi connectivity index (χ2v) is 13.2. The quantitative estimate of drug-likeness (QED) is 0.274. The first-order valence-electron chi connectivity index (χ1n) is 16.4. The minimum absolute atomic E-state index is 0.00698. The van der Waals surface area contributed by atoms with E-state index in [0.717, 1.165) is 38.6 Å². The summed E-state index contributed by atoms with van der Waals surface area (Å²) in [6, 6.07) is 6.41. The lowest BCUT2D eigenvalue weighted by Crippen LogP contribution is -2.50. The van der Waals surface area contributed by atoms with Crippen LogP contribution in [0.15, 0.2) is 30.5 Å². The van der Waals surface area contributed by atoms with Crippen LogP contribution in [0.4, 0.5) is 14.6 Å². The third-order valence-corrected chi connectivity index (χ3v) is 10.4. The number of aromatic hydroxyl groups is 1. The number of ether oxygens (including phenoxy) is 2. The second kappa shape index (κ2) is 12.5. The molecule has 3 aliphatic rings. The van der Waals surface area contributed by atoms with E-state index in [1.54, 1.807) is 12.1 Å². The Morgan fingerprint density at radius 1 is 1.13 bits per heavy atom. The molecule has 2 aliphatic heterocycles. The van der Waals surface area contributed by atoms with Gasteiger partial charge in [0.25, 0.3) is 0 Å². The van der Waals surface area contributed by atoms with E-state index >= 15 is 4.39 Å². The maximum atomic E-state index is 16.9. The molecule has 7 rings (SSSR count). The molecule has 9 nitrogen and oxygen atoms in total. The van der Waals surface area contributed by atoms with Gasteiger partial charge in [0.1, 0.15) is 28.6 Å². The molecule has 0 radical (unpaired) electrons. The van der Waals surface area contributed by atoms with Crippen LogP contribution in [0.5, 0.6) is 11.8 Å². The molecule has 3 unspecified atom stereocenters. The molecular formula is C35H41F2N5O4. The van der Waals surface area contributed by atoms with E-state index in [2.05, 4.69) is 21.9 Å². The number of nitrogens with zero attached hydrogens (tertiary/aromatic N) is 5. The van der Waals surface area contributed by atoms with Gasteiger partial charge in [-0.15, -0.1) is 0 Å². The number of aryl methyl sites for hydroxylation is 1. The van der Waals surface area contributed by atoms with Crippen LogP contribution < -0.4 is 9.64 Å². The fourth-order valence-electron chi connectivity index (χ4n) is 8.12. The Bertz CT molecular complexity index is 1770. The molecule has 11 heteroatoms. The number of benzene rings is 2. The topological polar surface area (TPSA) is 104 Å². The maximum absolute atomic E-state index is 16.9. The third-order valence-electron chi connectivity index (χ3n) is 10.4. The summed E-state index contributed by atoms with van der Waals surface area (Å²) >= 11 is 0. The number of phenols is 1. The molecule has 3 atom stereocenters. The smallest absolute Gasteiger partial charge is 0.319 e. The Balaban J connectivity index is 1.37. The van der Waals surface area contributed by atoms with E-state index in [0.29, 0.717) is 72.9 Å². The van der Waals surface area contributed by atoms with Gasteiger partial charge >= 0.3 is 6.01 Å². The number of pyridine rings is 1. The van der Waals surface area contributed by atoms with Crippen LogP contribution in [0, 0.1) is 23.0 Å². The van der Waals surface area contributed by atoms with Gasteiger partial charge in [0.05, 0.1) is 25.2 Å². The van der Waals surface area contributed by atoms with Crippen molar-refractivity contribution in [3.05, 3.63) is 47.7 Å². The van der Waals surface area contributed by atoms with Crippen LogP contribution in [0.1, 0.15) is 44.6 Å². The van der Waals surface area contributed by atoms with E-state index in [-0.39, 0.29) is 46.5 Å². The van der Waals surface area contributed by atoms with E-state index < -0.39 is 11.6 Å². The summed E-state index contributed by atoms with van der Waals surface area (Å²) in [5, 5.41) is 22.1. The number of aromatic nitrogens is 3. The highest BCUT2D eigenvalue weighted by atomic mass is 19.1. The van der Waals surface area contributed by atoms with Crippen molar-refractivity contribution in [2.75, 3.05) is 58.0 Å². The lowest BCUT2D eigenvalue weighted by Gasteiger charge is -2.44. The number of aliphatic hydroxyl groups is 1. The Kier molecular flexibility index (Phi) is 8.41. The van der Waals surface area contributed by atoms with Gasteiger partial charge in [-0.05, 0) is 80.2 Å². The van der Waals surface area contributed by atoms with Crippen LogP contribution in [0.2, 0.25) is 0 Å². The van der Waals surface area contributed by atoms with Crippen molar-refractivity contribution < 1.29 is 28.5 Å². The predicted molar refractivity (Wildman–Crippen MR) is 172 cm³/mol. The van der Waals surface area contributed by atoms with E-state index in [9.17, 15) is 14.6 Å².